The molecule has 2 aliphatic heterocycles. The van der Waals surface area contributed by atoms with Crippen molar-refractivity contribution in [2.45, 2.75) is 44.7 Å². The summed E-state index contributed by atoms with van der Waals surface area (Å²) in [7, 11) is 0. The van der Waals surface area contributed by atoms with Crippen LogP contribution in [0.2, 0.25) is 0 Å². The minimum absolute atomic E-state index is 0.0218. The Hall–Kier alpha value is -2.17. The summed E-state index contributed by atoms with van der Waals surface area (Å²) in [6.07, 6.45) is 2.58. The molecule has 3 aliphatic rings. The molecule has 0 bridgehead atoms. The topological polar surface area (TPSA) is 66.5 Å². The Balaban J connectivity index is 1.76. The number of carbonyl (C=O) groups is 3. The van der Waals surface area contributed by atoms with Gasteiger partial charge >= 0.3 is 0 Å². The molecule has 1 aromatic carbocycles. The quantitative estimate of drug-likeness (QED) is 0.800. The molecule has 1 N–H and O–H groups in total. The number of nitrogens with zero attached hydrogens (tertiary/aromatic N) is 1. The van der Waals surface area contributed by atoms with Crippen LogP contribution in [0.1, 0.15) is 53.7 Å². The first-order chi connectivity index (χ1) is 10.6. The molecule has 0 saturated carbocycles. The molecule has 1 fully saturated rings. The maximum atomic E-state index is 12.8. The Kier molecular flexibility index (Phi) is 2.86. The van der Waals surface area contributed by atoms with Crippen molar-refractivity contribution < 1.29 is 14.4 Å². The van der Waals surface area contributed by atoms with E-state index in [-0.39, 0.29) is 23.8 Å². The summed E-state index contributed by atoms with van der Waals surface area (Å²) in [6.45, 7) is 2.18. The van der Waals surface area contributed by atoms with Gasteiger partial charge in [0.2, 0.25) is 11.8 Å². The lowest BCUT2D eigenvalue weighted by molar-refractivity contribution is -0.137. The van der Waals surface area contributed by atoms with E-state index < -0.39 is 6.04 Å². The van der Waals surface area contributed by atoms with Crippen LogP contribution in [0, 0.1) is 5.92 Å². The van der Waals surface area contributed by atoms with Crippen LogP contribution in [0.25, 0.3) is 0 Å². The zero-order chi connectivity index (χ0) is 15.4. The van der Waals surface area contributed by atoms with Gasteiger partial charge in [-0.2, -0.15) is 0 Å². The number of hydrogen-bond donors (Lipinski definition) is 1. The predicted molar refractivity (Wildman–Crippen MR) is 79.0 cm³/mol. The maximum absolute atomic E-state index is 12.8. The summed E-state index contributed by atoms with van der Waals surface area (Å²) < 4.78 is 0. The first-order valence-corrected chi connectivity index (χ1v) is 7.84. The number of imide groups is 1. The second kappa shape index (κ2) is 4.66. The molecule has 22 heavy (non-hydrogen) atoms. The van der Waals surface area contributed by atoms with Crippen molar-refractivity contribution in [3.05, 3.63) is 34.9 Å². The number of nitrogens with one attached hydrogen (secondary N) is 1. The number of benzene rings is 1. The SMILES string of the molecule is CC1Cc2cccc3c2C(C1)N(C1CCC(=O)NC1=O)C3=O. The Labute approximate surface area is 128 Å². The summed E-state index contributed by atoms with van der Waals surface area (Å²) in [6, 6.07) is 5.32. The third kappa shape index (κ3) is 1.81. The van der Waals surface area contributed by atoms with Gasteiger partial charge in [-0.05, 0) is 42.4 Å². The van der Waals surface area contributed by atoms with Gasteiger partial charge in [0.25, 0.3) is 5.91 Å². The normalized spacial score (nSPS) is 30.3. The average molecular weight is 298 g/mol. The van der Waals surface area contributed by atoms with Crippen LogP contribution in [0.15, 0.2) is 18.2 Å². The monoisotopic (exact) mass is 298 g/mol. The minimum atomic E-state index is -0.527. The molecule has 5 heteroatoms. The molecule has 114 valence electrons. The number of carbonyl (C=O) groups excluding carboxylic acids is 3. The van der Waals surface area contributed by atoms with Gasteiger partial charge in [0.1, 0.15) is 6.04 Å². The first-order valence-electron chi connectivity index (χ1n) is 7.84. The Bertz CT molecular complexity index is 697. The van der Waals surface area contributed by atoms with Crippen LogP contribution in [-0.4, -0.2) is 28.7 Å². The molecule has 0 spiro atoms. The molecular weight excluding hydrogens is 280 g/mol. The smallest absolute Gasteiger partial charge is 0.255 e. The molecule has 1 aromatic rings. The number of rotatable bonds is 1. The van der Waals surface area contributed by atoms with E-state index in [1.165, 1.54) is 5.56 Å². The highest BCUT2D eigenvalue weighted by Crippen LogP contribution is 2.46. The zero-order valence-corrected chi connectivity index (χ0v) is 12.5. The van der Waals surface area contributed by atoms with Crippen molar-refractivity contribution in [3.8, 4) is 0 Å². The van der Waals surface area contributed by atoms with Crippen molar-refractivity contribution >= 4 is 17.7 Å². The standard InChI is InChI=1S/C17H18N2O3/c1-9-7-10-3-2-4-11-15(10)13(8-9)19(17(11)22)12-5-6-14(20)18-16(12)21/h2-4,9,12-13H,5-8H2,1H3,(H,18,20,21). The van der Waals surface area contributed by atoms with Crippen molar-refractivity contribution in [1.29, 1.82) is 0 Å². The van der Waals surface area contributed by atoms with Crippen molar-refractivity contribution in [2.75, 3.05) is 0 Å². The summed E-state index contributed by atoms with van der Waals surface area (Å²) in [5, 5.41) is 2.37. The number of piperidine rings is 1. The summed E-state index contributed by atoms with van der Waals surface area (Å²) in [4.78, 5) is 38.1. The molecule has 3 amide bonds. The van der Waals surface area contributed by atoms with E-state index in [0.29, 0.717) is 18.8 Å². The van der Waals surface area contributed by atoms with Gasteiger partial charge in [0.05, 0.1) is 6.04 Å². The third-order valence-electron chi connectivity index (χ3n) is 5.07. The molecule has 1 aliphatic carbocycles. The number of amides is 3. The van der Waals surface area contributed by atoms with Crippen molar-refractivity contribution in [1.82, 2.24) is 10.2 Å². The van der Waals surface area contributed by atoms with Crippen LogP contribution in [0.3, 0.4) is 0 Å². The molecule has 0 radical (unpaired) electrons. The van der Waals surface area contributed by atoms with Gasteiger partial charge in [-0.1, -0.05) is 19.1 Å². The average Bonchev–Trinajstić information content (AvgIpc) is 2.74. The van der Waals surface area contributed by atoms with Crippen LogP contribution >= 0.6 is 0 Å². The van der Waals surface area contributed by atoms with E-state index in [2.05, 4.69) is 18.3 Å². The summed E-state index contributed by atoms with van der Waals surface area (Å²) >= 11 is 0. The lowest BCUT2D eigenvalue weighted by atomic mass is 9.81. The second-order valence-corrected chi connectivity index (χ2v) is 6.62. The van der Waals surface area contributed by atoms with E-state index in [1.807, 2.05) is 12.1 Å². The van der Waals surface area contributed by atoms with Crippen molar-refractivity contribution in [3.63, 3.8) is 0 Å². The van der Waals surface area contributed by atoms with Crippen LogP contribution < -0.4 is 5.32 Å². The molecule has 5 nitrogen and oxygen atoms in total. The van der Waals surface area contributed by atoms with Gasteiger partial charge in [-0.3, -0.25) is 19.7 Å². The van der Waals surface area contributed by atoms with E-state index in [4.69, 9.17) is 0 Å². The molecule has 3 atom stereocenters. The van der Waals surface area contributed by atoms with Gasteiger partial charge in [-0.15, -0.1) is 0 Å². The minimum Gasteiger partial charge on any atom is -0.319 e. The van der Waals surface area contributed by atoms with Gasteiger partial charge in [0.15, 0.2) is 0 Å². The van der Waals surface area contributed by atoms with E-state index in [9.17, 15) is 14.4 Å². The fourth-order valence-electron chi connectivity index (χ4n) is 4.17. The molecule has 4 rings (SSSR count). The van der Waals surface area contributed by atoms with Crippen LogP contribution in [0.5, 0.6) is 0 Å². The fourth-order valence-corrected chi connectivity index (χ4v) is 4.17. The van der Waals surface area contributed by atoms with Crippen molar-refractivity contribution in [2.24, 2.45) is 5.92 Å². The molecule has 0 aromatic heterocycles. The van der Waals surface area contributed by atoms with Crippen LogP contribution in [-0.2, 0) is 16.0 Å². The summed E-state index contributed by atoms with van der Waals surface area (Å²) in [5.41, 5.74) is 3.07. The zero-order valence-electron chi connectivity index (χ0n) is 12.5. The fraction of sp³-hybridized carbons (Fsp3) is 0.471. The van der Waals surface area contributed by atoms with Gasteiger partial charge in [0, 0.05) is 12.0 Å². The second-order valence-electron chi connectivity index (χ2n) is 6.62. The number of hydrogen-bond acceptors (Lipinski definition) is 3. The van der Waals surface area contributed by atoms with Gasteiger partial charge < -0.3 is 4.90 Å². The Morgan fingerprint density at radius 3 is 2.77 bits per heavy atom. The van der Waals surface area contributed by atoms with E-state index in [1.54, 1.807) is 4.90 Å². The van der Waals surface area contributed by atoms with Crippen LogP contribution in [0.4, 0.5) is 0 Å². The third-order valence-corrected chi connectivity index (χ3v) is 5.07. The Morgan fingerprint density at radius 2 is 2.00 bits per heavy atom. The highest BCUT2D eigenvalue weighted by molar-refractivity contribution is 6.06. The lowest BCUT2D eigenvalue weighted by Crippen LogP contribution is -2.53. The maximum Gasteiger partial charge on any atom is 0.255 e. The Morgan fingerprint density at radius 1 is 1.18 bits per heavy atom. The lowest BCUT2D eigenvalue weighted by Gasteiger charge is -2.37. The molecule has 1 saturated heterocycles. The molecule has 2 heterocycles. The highest BCUT2D eigenvalue weighted by Gasteiger charge is 2.47. The highest BCUT2D eigenvalue weighted by atomic mass is 16.2. The first kappa shape index (κ1) is 13.5. The largest absolute Gasteiger partial charge is 0.319 e. The molecular formula is C17H18N2O3. The summed E-state index contributed by atoms with van der Waals surface area (Å²) in [5.74, 6) is -0.167. The van der Waals surface area contributed by atoms with Gasteiger partial charge in [-0.25, -0.2) is 0 Å². The van der Waals surface area contributed by atoms with E-state index in [0.717, 1.165) is 24.0 Å². The predicted octanol–water partition coefficient (Wildman–Crippen LogP) is 1.57. The molecule has 3 unspecified atom stereocenters. The van der Waals surface area contributed by atoms with E-state index >= 15 is 0 Å².